The molecule has 0 aliphatic carbocycles. The highest BCUT2D eigenvalue weighted by molar-refractivity contribution is 5.19. The zero-order valence-electron chi connectivity index (χ0n) is 11.4. The standard InChI is InChI=1S/C13H19NO.C2H6/c1-15-11-14-9-7-13(8-10-14)12-5-3-2-4-6-12;1-2/h2-6,13H,7-11H2,1H3;1-2H3. The highest BCUT2D eigenvalue weighted by atomic mass is 16.5. The van der Waals surface area contributed by atoms with Gasteiger partial charge in [0, 0.05) is 20.2 Å². The van der Waals surface area contributed by atoms with Gasteiger partial charge in [-0.25, -0.2) is 0 Å². The van der Waals surface area contributed by atoms with E-state index in [0.29, 0.717) is 0 Å². The van der Waals surface area contributed by atoms with E-state index in [0.717, 1.165) is 25.7 Å². The molecular weight excluding hydrogens is 210 g/mol. The lowest BCUT2D eigenvalue weighted by atomic mass is 9.90. The van der Waals surface area contributed by atoms with Gasteiger partial charge in [-0.1, -0.05) is 44.2 Å². The zero-order chi connectivity index (χ0) is 12.5. The highest BCUT2D eigenvalue weighted by Crippen LogP contribution is 2.27. The number of likely N-dealkylation sites (tertiary alicyclic amines) is 1. The van der Waals surface area contributed by atoms with Crippen molar-refractivity contribution >= 4 is 0 Å². The van der Waals surface area contributed by atoms with Gasteiger partial charge in [0.25, 0.3) is 0 Å². The number of hydrogen-bond donors (Lipinski definition) is 0. The molecule has 1 aliphatic rings. The normalized spacial score (nSPS) is 17.4. The van der Waals surface area contributed by atoms with E-state index in [4.69, 9.17) is 4.74 Å². The third-order valence-corrected chi connectivity index (χ3v) is 3.17. The zero-order valence-corrected chi connectivity index (χ0v) is 11.4. The lowest BCUT2D eigenvalue weighted by Crippen LogP contribution is -2.34. The average Bonchev–Trinajstić information content (AvgIpc) is 2.43. The molecule has 2 heteroatoms. The van der Waals surface area contributed by atoms with E-state index in [1.807, 2.05) is 13.8 Å². The Kier molecular flexibility index (Phi) is 6.90. The van der Waals surface area contributed by atoms with Crippen LogP contribution in [0.2, 0.25) is 0 Å². The third kappa shape index (κ3) is 4.49. The van der Waals surface area contributed by atoms with Gasteiger partial charge in [0.1, 0.15) is 0 Å². The molecule has 1 saturated heterocycles. The molecule has 1 fully saturated rings. The first-order valence-electron chi connectivity index (χ1n) is 6.66. The molecule has 0 atom stereocenters. The van der Waals surface area contributed by atoms with Crippen molar-refractivity contribution in [1.29, 1.82) is 0 Å². The summed E-state index contributed by atoms with van der Waals surface area (Å²) in [5.74, 6) is 0.749. The van der Waals surface area contributed by atoms with Gasteiger partial charge in [-0.3, -0.25) is 4.90 Å². The SMILES string of the molecule is CC.COCN1CCC(c2ccccc2)CC1. The Labute approximate surface area is 106 Å². The van der Waals surface area contributed by atoms with Gasteiger partial charge in [-0.2, -0.15) is 0 Å². The molecule has 1 aromatic carbocycles. The van der Waals surface area contributed by atoms with Crippen LogP contribution in [-0.2, 0) is 4.74 Å². The fourth-order valence-corrected chi connectivity index (χ4v) is 2.30. The van der Waals surface area contributed by atoms with Crippen LogP contribution in [0.15, 0.2) is 30.3 Å². The van der Waals surface area contributed by atoms with E-state index in [2.05, 4.69) is 35.2 Å². The van der Waals surface area contributed by atoms with Gasteiger partial charge < -0.3 is 4.74 Å². The summed E-state index contributed by atoms with van der Waals surface area (Å²) in [5, 5.41) is 0. The molecule has 0 spiro atoms. The Morgan fingerprint density at radius 3 is 2.24 bits per heavy atom. The second-order valence-corrected chi connectivity index (χ2v) is 4.22. The molecule has 0 unspecified atom stereocenters. The molecule has 0 amide bonds. The maximum Gasteiger partial charge on any atom is 0.0986 e. The number of piperidine rings is 1. The van der Waals surface area contributed by atoms with Crippen LogP contribution in [0.4, 0.5) is 0 Å². The minimum absolute atomic E-state index is 0.749. The first kappa shape index (κ1) is 14.2. The number of nitrogens with zero attached hydrogens (tertiary/aromatic N) is 1. The Balaban J connectivity index is 0.000000686. The van der Waals surface area contributed by atoms with Crippen LogP contribution in [0.25, 0.3) is 0 Å². The summed E-state index contributed by atoms with van der Waals surface area (Å²) in [6.07, 6.45) is 2.51. The molecule has 96 valence electrons. The summed E-state index contributed by atoms with van der Waals surface area (Å²) < 4.78 is 5.15. The second kappa shape index (κ2) is 8.26. The highest BCUT2D eigenvalue weighted by Gasteiger charge is 2.19. The predicted molar refractivity (Wildman–Crippen MR) is 73.2 cm³/mol. The summed E-state index contributed by atoms with van der Waals surface area (Å²) in [6.45, 7) is 7.10. The molecule has 0 radical (unpaired) electrons. The van der Waals surface area contributed by atoms with Gasteiger partial charge in [0.05, 0.1) is 6.73 Å². The lowest BCUT2D eigenvalue weighted by molar-refractivity contribution is 0.0467. The van der Waals surface area contributed by atoms with Gasteiger partial charge in [-0.15, -0.1) is 0 Å². The lowest BCUT2D eigenvalue weighted by Gasteiger charge is -2.31. The smallest absolute Gasteiger partial charge is 0.0986 e. The average molecular weight is 235 g/mol. The predicted octanol–water partition coefficient (Wildman–Crippen LogP) is 3.50. The van der Waals surface area contributed by atoms with Crippen molar-refractivity contribution in [2.75, 3.05) is 26.9 Å². The Bertz CT molecular complexity index is 278. The van der Waals surface area contributed by atoms with Crippen LogP contribution in [-0.4, -0.2) is 31.8 Å². The molecule has 0 N–H and O–H groups in total. The molecule has 2 nitrogen and oxygen atoms in total. The third-order valence-electron chi connectivity index (χ3n) is 3.17. The molecule has 1 heterocycles. The number of benzene rings is 1. The molecule has 0 saturated carbocycles. The van der Waals surface area contributed by atoms with E-state index < -0.39 is 0 Å². The number of ether oxygens (including phenoxy) is 1. The molecule has 2 rings (SSSR count). The molecule has 0 bridgehead atoms. The van der Waals surface area contributed by atoms with Crippen LogP contribution in [0.1, 0.15) is 38.2 Å². The monoisotopic (exact) mass is 235 g/mol. The van der Waals surface area contributed by atoms with Gasteiger partial charge >= 0.3 is 0 Å². The molecule has 0 aromatic heterocycles. The van der Waals surface area contributed by atoms with Gasteiger partial charge in [-0.05, 0) is 24.3 Å². The van der Waals surface area contributed by atoms with E-state index in [-0.39, 0.29) is 0 Å². The Morgan fingerprint density at radius 1 is 1.12 bits per heavy atom. The van der Waals surface area contributed by atoms with E-state index >= 15 is 0 Å². The van der Waals surface area contributed by atoms with Crippen molar-refractivity contribution in [3.63, 3.8) is 0 Å². The molecular formula is C15H25NO. The first-order valence-corrected chi connectivity index (χ1v) is 6.66. The minimum atomic E-state index is 0.749. The van der Waals surface area contributed by atoms with Crippen molar-refractivity contribution in [2.24, 2.45) is 0 Å². The van der Waals surface area contributed by atoms with Crippen molar-refractivity contribution < 1.29 is 4.74 Å². The quantitative estimate of drug-likeness (QED) is 0.795. The fraction of sp³-hybridized carbons (Fsp3) is 0.600. The summed E-state index contributed by atoms with van der Waals surface area (Å²) in [5.41, 5.74) is 1.49. The Hall–Kier alpha value is -0.860. The van der Waals surface area contributed by atoms with Crippen LogP contribution >= 0.6 is 0 Å². The summed E-state index contributed by atoms with van der Waals surface area (Å²) in [4.78, 5) is 2.37. The number of hydrogen-bond acceptors (Lipinski definition) is 2. The van der Waals surface area contributed by atoms with Crippen molar-refractivity contribution in [2.45, 2.75) is 32.6 Å². The van der Waals surface area contributed by atoms with Crippen LogP contribution in [0.3, 0.4) is 0 Å². The summed E-state index contributed by atoms with van der Waals surface area (Å²) >= 11 is 0. The van der Waals surface area contributed by atoms with E-state index in [9.17, 15) is 0 Å². The largest absolute Gasteiger partial charge is 0.369 e. The topological polar surface area (TPSA) is 12.5 Å². The van der Waals surface area contributed by atoms with Crippen LogP contribution in [0.5, 0.6) is 0 Å². The number of methoxy groups -OCH3 is 1. The minimum Gasteiger partial charge on any atom is -0.369 e. The van der Waals surface area contributed by atoms with Gasteiger partial charge in [0.15, 0.2) is 0 Å². The fourth-order valence-electron chi connectivity index (χ4n) is 2.30. The summed E-state index contributed by atoms with van der Waals surface area (Å²) in [7, 11) is 1.77. The maximum absolute atomic E-state index is 5.15. The molecule has 1 aromatic rings. The van der Waals surface area contributed by atoms with Gasteiger partial charge in [0.2, 0.25) is 0 Å². The van der Waals surface area contributed by atoms with Crippen molar-refractivity contribution in [1.82, 2.24) is 4.90 Å². The van der Waals surface area contributed by atoms with E-state index in [1.165, 1.54) is 18.4 Å². The van der Waals surface area contributed by atoms with Crippen LogP contribution < -0.4 is 0 Å². The van der Waals surface area contributed by atoms with E-state index in [1.54, 1.807) is 7.11 Å². The first-order chi connectivity index (χ1) is 8.40. The van der Waals surface area contributed by atoms with Crippen molar-refractivity contribution in [3.8, 4) is 0 Å². The summed E-state index contributed by atoms with van der Waals surface area (Å²) in [6, 6.07) is 10.9. The molecule has 1 aliphatic heterocycles. The Morgan fingerprint density at radius 2 is 1.71 bits per heavy atom. The van der Waals surface area contributed by atoms with Crippen molar-refractivity contribution in [3.05, 3.63) is 35.9 Å². The molecule has 17 heavy (non-hydrogen) atoms. The van der Waals surface area contributed by atoms with Crippen LogP contribution in [0, 0.1) is 0 Å². The number of rotatable bonds is 3. The maximum atomic E-state index is 5.15. The second-order valence-electron chi connectivity index (χ2n) is 4.22.